The van der Waals surface area contributed by atoms with Crippen molar-refractivity contribution in [2.75, 3.05) is 0 Å². The first kappa shape index (κ1) is 7.75. The van der Waals surface area contributed by atoms with Crippen LogP contribution < -0.4 is 5.73 Å². The van der Waals surface area contributed by atoms with E-state index in [0.29, 0.717) is 6.42 Å². The molecular formula is C6H6BrNOS. The molecule has 4 heteroatoms. The molecule has 0 saturated carbocycles. The second-order valence-corrected chi connectivity index (χ2v) is 4.40. The van der Waals surface area contributed by atoms with Crippen LogP contribution in [0.2, 0.25) is 0 Å². The average molecular weight is 220 g/mol. The van der Waals surface area contributed by atoms with Gasteiger partial charge in [-0.1, -0.05) is 0 Å². The zero-order valence-corrected chi connectivity index (χ0v) is 7.54. The number of carbonyl (C=O) groups excluding carboxylic acids is 1. The normalized spacial score (nSPS) is 9.70. The van der Waals surface area contributed by atoms with Crippen LogP contribution in [-0.2, 0) is 11.2 Å². The van der Waals surface area contributed by atoms with Crippen molar-refractivity contribution in [1.82, 2.24) is 0 Å². The van der Waals surface area contributed by atoms with Crippen molar-refractivity contribution in [2.24, 2.45) is 5.73 Å². The Morgan fingerprint density at radius 3 is 2.80 bits per heavy atom. The predicted molar refractivity (Wildman–Crippen MR) is 44.9 cm³/mol. The van der Waals surface area contributed by atoms with Gasteiger partial charge in [0.25, 0.3) is 0 Å². The van der Waals surface area contributed by atoms with Gasteiger partial charge in [0.2, 0.25) is 5.91 Å². The molecule has 0 aliphatic rings. The van der Waals surface area contributed by atoms with Gasteiger partial charge in [0.1, 0.15) is 0 Å². The molecule has 0 unspecified atom stereocenters. The van der Waals surface area contributed by atoms with Crippen LogP contribution in [0.1, 0.15) is 4.88 Å². The van der Waals surface area contributed by atoms with E-state index in [1.54, 1.807) is 0 Å². The highest BCUT2D eigenvalue weighted by Crippen LogP contribution is 2.21. The molecule has 0 saturated heterocycles. The Labute approximate surface area is 71.2 Å². The van der Waals surface area contributed by atoms with Crippen molar-refractivity contribution in [3.63, 3.8) is 0 Å². The third-order valence-electron chi connectivity index (χ3n) is 0.977. The van der Waals surface area contributed by atoms with E-state index >= 15 is 0 Å². The molecule has 0 aliphatic carbocycles. The molecule has 0 fully saturated rings. The van der Waals surface area contributed by atoms with Gasteiger partial charge < -0.3 is 5.73 Å². The number of amides is 1. The summed E-state index contributed by atoms with van der Waals surface area (Å²) in [6, 6.07) is 3.79. The maximum Gasteiger partial charge on any atom is 0.222 e. The molecule has 54 valence electrons. The monoisotopic (exact) mass is 219 g/mol. The molecule has 1 rings (SSSR count). The minimum absolute atomic E-state index is 0.283. The zero-order chi connectivity index (χ0) is 7.56. The van der Waals surface area contributed by atoms with Gasteiger partial charge in [-0.2, -0.15) is 0 Å². The molecule has 0 aromatic carbocycles. The van der Waals surface area contributed by atoms with Crippen LogP contribution in [0.25, 0.3) is 0 Å². The molecule has 0 bridgehead atoms. The molecular weight excluding hydrogens is 214 g/mol. The van der Waals surface area contributed by atoms with Gasteiger partial charge >= 0.3 is 0 Å². The van der Waals surface area contributed by atoms with E-state index in [9.17, 15) is 4.79 Å². The first-order valence-electron chi connectivity index (χ1n) is 2.71. The van der Waals surface area contributed by atoms with Crippen molar-refractivity contribution in [3.8, 4) is 0 Å². The molecule has 1 aromatic rings. The minimum atomic E-state index is -0.283. The Hall–Kier alpha value is -0.350. The first-order valence-corrected chi connectivity index (χ1v) is 4.32. The van der Waals surface area contributed by atoms with E-state index < -0.39 is 0 Å². The van der Waals surface area contributed by atoms with E-state index in [2.05, 4.69) is 15.9 Å². The van der Waals surface area contributed by atoms with Gasteiger partial charge in [-0.25, -0.2) is 0 Å². The maximum absolute atomic E-state index is 10.4. The van der Waals surface area contributed by atoms with Gasteiger partial charge in [0.05, 0.1) is 10.2 Å². The Kier molecular flexibility index (Phi) is 2.45. The lowest BCUT2D eigenvalue weighted by molar-refractivity contribution is -0.117. The fourth-order valence-corrected chi connectivity index (χ4v) is 2.11. The Morgan fingerprint density at radius 1 is 1.70 bits per heavy atom. The SMILES string of the molecule is NC(=O)Cc1ccc(Br)s1. The van der Waals surface area contributed by atoms with Crippen LogP contribution in [0.15, 0.2) is 15.9 Å². The fourth-order valence-electron chi connectivity index (χ4n) is 0.618. The first-order chi connectivity index (χ1) is 4.68. The summed E-state index contributed by atoms with van der Waals surface area (Å²) in [7, 11) is 0. The molecule has 0 radical (unpaired) electrons. The van der Waals surface area contributed by atoms with E-state index in [-0.39, 0.29) is 5.91 Å². The highest BCUT2D eigenvalue weighted by molar-refractivity contribution is 9.11. The Bertz CT molecular complexity index is 246. The van der Waals surface area contributed by atoms with E-state index in [1.807, 2.05) is 12.1 Å². The molecule has 1 amide bonds. The molecule has 0 spiro atoms. The van der Waals surface area contributed by atoms with Crippen molar-refractivity contribution in [2.45, 2.75) is 6.42 Å². The van der Waals surface area contributed by atoms with Crippen LogP contribution in [0.4, 0.5) is 0 Å². The van der Waals surface area contributed by atoms with E-state index in [0.717, 1.165) is 8.66 Å². The molecule has 1 aromatic heterocycles. The Morgan fingerprint density at radius 2 is 2.40 bits per heavy atom. The lowest BCUT2D eigenvalue weighted by atomic mass is 10.3. The highest BCUT2D eigenvalue weighted by Gasteiger charge is 2.00. The van der Waals surface area contributed by atoms with Crippen LogP contribution in [-0.4, -0.2) is 5.91 Å². The topological polar surface area (TPSA) is 43.1 Å². The molecule has 1 heterocycles. The number of hydrogen-bond acceptors (Lipinski definition) is 2. The maximum atomic E-state index is 10.4. The number of primary amides is 1. The van der Waals surface area contributed by atoms with Crippen molar-refractivity contribution >= 4 is 33.2 Å². The van der Waals surface area contributed by atoms with Gasteiger partial charge in [-0.05, 0) is 28.1 Å². The summed E-state index contributed by atoms with van der Waals surface area (Å²) in [5.74, 6) is -0.283. The summed E-state index contributed by atoms with van der Waals surface area (Å²) >= 11 is 4.82. The minimum Gasteiger partial charge on any atom is -0.369 e. The smallest absolute Gasteiger partial charge is 0.222 e. The van der Waals surface area contributed by atoms with Crippen LogP contribution in [0, 0.1) is 0 Å². The quantitative estimate of drug-likeness (QED) is 0.806. The lowest BCUT2D eigenvalue weighted by Gasteiger charge is -1.86. The second kappa shape index (κ2) is 3.16. The standard InChI is InChI=1S/C6H6BrNOS/c7-5-2-1-4(10-5)3-6(8)9/h1-2H,3H2,(H2,8,9). The number of carbonyl (C=O) groups is 1. The highest BCUT2D eigenvalue weighted by atomic mass is 79.9. The summed E-state index contributed by atoms with van der Waals surface area (Å²) in [6.07, 6.45) is 0.344. The fraction of sp³-hybridized carbons (Fsp3) is 0.167. The summed E-state index contributed by atoms with van der Waals surface area (Å²) < 4.78 is 1.03. The summed E-state index contributed by atoms with van der Waals surface area (Å²) in [5, 5.41) is 0. The molecule has 0 aliphatic heterocycles. The number of nitrogens with two attached hydrogens (primary N) is 1. The molecule has 10 heavy (non-hydrogen) atoms. The van der Waals surface area contributed by atoms with Gasteiger partial charge in [0.15, 0.2) is 0 Å². The van der Waals surface area contributed by atoms with Crippen molar-refractivity contribution in [3.05, 3.63) is 20.8 Å². The third-order valence-corrected chi connectivity index (χ3v) is 2.60. The molecule has 0 atom stereocenters. The lowest BCUT2D eigenvalue weighted by Crippen LogP contribution is -2.12. The number of rotatable bonds is 2. The number of halogens is 1. The van der Waals surface area contributed by atoms with Gasteiger partial charge in [-0.3, -0.25) is 4.79 Å². The van der Waals surface area contributed by atoms with Crippen LogP contribution >= 0.6 is 27.3 Å². The third kappa shape index (κ3) is 2.11. The number of hydrogen-bond donors (Lipinski definition) is 1. The second-order valence-electron chi connectivity index (χ2n) is 1.85. The summed E-state index contributed by atoms with van der Waals surface area (Å²) in [4.78, 5) is 11.4. The molecule has 2 nitrogen and oxygen atoms in total. The summed E-state index contributed by atoms with van der Waals surface area (Å²) in [5.41, 5.74) is 4.99. The number of thiophene rings is 1. The van der Waals surface area contributed by atoms with E-state index in [1.165, 1.54) is 11.3 Å². The van der Waals surface area contributed by atoms with Gasteiger partial charge in [0, 0.05) is 4.88 Å². The van der Waals surface area contributed by atoms with Crippen molar-refractivity contribution in [1.29, 1.82) is 0 Å². The van der Waals surface area contributed by atoms with E-state index in [4.69, 9.17) is 5.73 Å². The Balaban J connectivity index is 2.67. The van der Waals surface area contributed by atoms with Gasteiger partial charge in [-0.15, -0.1) is 11.3 Å². The van der Waals surface area contributed by atoms with Crippen molar-refractivity contribution < 1.29 is 4.79 Å². The summed E-state index contributed by atoms with van der Waals surface area (Å²) in [6.45, 7) is 0. The largest absolute Gasteiger partial charge is 0.369 e. The molecule has 2 N–H and O–H groups in total. The predicted octanol–water partition coefficient (Wildman–Crippen LogP) is 1.54. The zero-order valence-electron chi connectivity index (χ0n) is 5.13. The van der Waals surface area contributed by atoms with Crippen LogP contribution in [0.5, 0.6) is 0 Å². The average Bonchev–Trinajstić information content (AvgIpc) is 2.13. The van der Waals surface area contributed by atoms with Crippen LogP contribution in [0.3, 0.4) is 0 Å².